The van der Waals surface area contributed by atoms with E-state index in [1.54, 1.807) is 11.3 Å². The molecule has 0 amide bonds. The molecule has 1 aromatic heterocycles. The van der Waals surface area contributed by atoms with E-state index in [1.165, 1.54) is 10.5 Å². The van der Waals surface area contributed by atoms with Crippen LogP contribution in [0.5, 0.6) is 0 Å². The predicted molar refractivity (Wildman–Crippen MR) is 58.1 cm³/mol. The number of allylic oxidation sites excluding steroid dienone is 1. The van der Waals surface area contributed by atoms with Crippen LogP contribution >= 0.6 is 11.3 Å². The van der Waals surface area contributed by atoms with Crippen LogP contribution in [0.1, 0.15) is 30.5 Å². The Morgan fingerprint density at radius 2 is 2.31 bits per heavy atom. The quantitative estimate of drug-likeness (QED) is 0.752. The van der Waals surface area contributed by atoms with Gasteiger partial charge in [-0.25, -0.2) is 4.98 Å². The number of hydrogen-bond donors (Lipinski definition) is 1. The fourth-order valence-electron chi connectivity index (χ4n) is 1.23. The Kier molecular flexibility index (Phi) is 3.63. The molecule has 1 unspecified atom stereocenters. The Bertz CT molecular complexity index is 298. The highest BCUT2D eigenvalue weighted by molar-refractivity contribution is 7.09. The van der Waals surface area contributed by atoms with Crippen LogP contribution in [-0.4, -0.2) is 12.0 Å². The molecular formula is C10H16N2S. The van der Waals surface area contributed by atoms with E-state index < -0.39 is 0 Å². The third kappa shape index (κ3) is 2.64. The zero-order chi connectivity index (χ0) is 9.84. The zero-order valence-corrected chi connectivity index (χ0v) is 9.40. The number of nitrogens with one attached hydrogen (secondary N) is 1. The van der Waals surface area contributed by atoms with Crippen molar-refractivity contribution in [3.05, 3.63) is 27.7 Å². The van der Waals surface area contributed by atoms with Gasteiger partial charge in [0.05, 0.1) is 17.2 Å². The summed E-state index contributed by atoms with van der Waals surface area (Å²) in [5, 5.41) is 3.27. The lowest BCUT2D eigenvalue weighted by molar-refractivity contribution is 0.716. The van der Waals surface area contributed by atoms with Crippen molar-refractivity contribution >= 4 is 11.3 Å². The summed E-state index contributed by atoms with van der Waals surface area (Å²) in [7, 11) is 1.98. The van der Waals surface area contributed by atoms with Crippen molar-refractivity contribution in [1.29, 1.82) is 0 Å². The fourth-order valence-corrected chi connectivity index (χ4v) is 2.11. The van der Waals surface area contributed by atoms with Gasteiger partial charge in [0, 0.05) is 4.88 Å². The van der Waals surface area contributed by atoms with Gasteiger partial charge < -0.3 is 5.32 Å². The molecule has 0 aliphatic rings. The molecular weight excluding hydrogens is 180 g/mol. The Balaban J connectivity index is 2.91. The highest BCUT2D eigenvalue weighted by atomic mass is 32.1. The SMILES string of the molecule is CNC(C=C(C)C)c1scnc1C. The molecule has 0 aliphatic carbocycles. The first-order valence-electron chi connectivity index (χ1n) is 4.37. The standard InChI is InChI=1S/C10H16N2S/c1-7(2)5-9(11-4)10-8(3)12-6-13-10/h5-6,9,11H,1-4H3. The summed E-state index contributed by atoms with van der Waals surface area (Å²) in [6, 6.07) is 0.317. The molecule has 0 spiro atoms. The summed E-state index contributed by atoms with van der Waals surface area (Å²) in [6.45, 7) is 6.27. The number of aryl methyl sites for hydroxylation is 1. The van der Waals surface area contributed by atoms with Crippen molar-refractivity contribution in [2.24, 2.45) is 0 Å². The first-order chi connectivity index (χ1) is 6.15. The van der Waals surface area contributed by atoms with Crippen LogP contribution in [0.4, 0.5) is 0 Å². The lowest BCUT2D eigenvalue weighted by Gasteiger charge is -2.10. The molecule has 72 valence electrons. The van der Waals surface area contributed by atoms with Crippen molar-refractivity contribution in [1.82, 2.24) is 10.3 Å². The first-order valence-corrected chi connectivity index (χ1v) is 5.25. The number of thiazole rings is 1. The molecule has 13 heavy (non-hydrogen) atoms. The Hall–Kier alpha value is -0.670. The minimum absolute atomic E-state index is 0.317. The van der Waals surface area contributed by atoms with Crippen molar-refractivity contribution in [3.8, 4) is 0 Å². The summed E-state index contributed by atoms with van der Waals surface area (Å²) < 4.78 is 0. The molecule has 0 fully saturated rings. The summed E-state index contributed by atoms with van der Waals surface area (Å²) in [6.07, 6.45) is 2.22. The maximum atomic E-state index is 4.24. The number of rotatable bonds is 3. The molecule has 1 N–H and O–H groups in total. The van der Waals surface area contributed by atoms with Crippen molar-refractivity contribution < 1.29 is 0 Å². The molecule has 0 aromatic carbocycles. The minimum Gasteiger partial charge on any atom is -0.309 e. The van der Waals surface area contributed by atoms with Crippen LogP contribution in [-0.2, 0) is 0 Å². The van der Waals surface area contributed by atoms with Crippen LogP contribution in [0.25, 0.3) is 0 Å². The van der Waals surface area contributed by atoms with E-state index in [-0.39, 0.29) is 0 Å². The number of likely N-dealkylation sites (N-methyl/N-ethyl adjacent to an activating group) is 1. The van der Waals surface area contributed by atoms with Gasteiger partial charge in [-0.15, -0.1) is 11.3 Å². The van der Waals surface area contributed by atoms with Crippen molar-refractivity contribution in [2.45, 2.75) is 26.8 Å². The van der Waals surface area contributed by atoms with Gasteiger partial charge in [-0.1, -0.05) is 11.6 Å². The second kappa shape index (κ2) is 4.53. The molecule has 2 nitrogen and oxygen atoms in total. The van der Waals surface area contributed by atoms with Crippen LogP contribution in [0.2, 0.25) is 0 Å². The largest absolute Gasteiger partial charge is 0.309 e. The van der Waals surface area contributed by atoms with E-state index in [1.807, 2.05) is 12.6 Å². The minimum atomic E-state index is 0.317. The van der Waals surface area contributed by atoms with E-state index >= 15 is 0 Å². The van der Waals surface area contributed by atoms with E-state index in [9.17, 15) is 0 Å². The van der Waals surface area contributed by atoms with Crippen LogP contribution < -0.4 is 5.32 Å². The second-order valence-electron chi connectivity index (χ2n) is 3.31. The van der Waals surface area contributed by atoms with Gasteiger partial charge in [-0.2, -0.15) is 0 Å². The van der Waals surface area contributed by atoms with E-state index in [2.05, 4.69) is 37.1 Å². The summed E-state index contributed by atoms with van der Waals surface area (Å²) in [5.74, 6) is 0. The monoisotopic (exact) mass is 196 g/mol. The summed E-state index contributed by atoms with van der Waals surface area (Å²) >= 11 is 1.71. The predicted octanol–water partition coefficient (Wildman–Crippen LogP) is 2.68. The third-order valence-corrected chi connectivity index (χ3v) is 2.89. The normalized spacial score (nSPS) is 12.6. The molecule has 0 aliphatic heterocycles. The summed E-state index contributed by atoms with van der Waals surface area (Å²) in [4.78, 5) is 5.55. The smallest absolute Gasteiger partial charge is 0.0798 e. The summed E-state index contributed by atoms with van der Waals surface area (Å²) in [5.41, 5.74) is 4.35. The molecule has 0 radical (unpaired) electrons. The highest BCUT2D eigenvalue weighted by Crippen LogP contribution is 2.23. The van der Waals surface area contributed by atoms with Gasteiger partial charge in [-0.3, -0.25) is 0 Å². The van der Waals surface area contributed by atoms with Crippen LogP contribution in [0.15, 0.2) is 17.2 Å². The van der Waals surface area contributed by atoms with E-state index in [4.69, 9.17) is 0 Å². The lowest BCUT2D eigenvalue weighted by Crippen LogP contribution is -2.13. The molecule has 3 heteroatoms. The first kappa shape index (κ1) is 10.4. The maximum absolute atomic E-state index is 4.24. The Labute approximate surface area is 83.7 Å². The topological polar surface area (TPSA) is 24.9 Å². The fraction of sp³-hybridized carbons (Fsp3) is 0.500. The number of hydrogen-bond acceptors (Lipinski definition) is 3. The molecule has 0 saturated carbocycles. The van der Waals surface area contributed by atoms with E-state index in [0.717, 1.165) is 5.69 Å². The molecule has 1 atom stereocenters. The average molecular weight is 196 g/mol. The van der Waals surface area contributed by atoms with Gasteiger partial charge in [0.25, 0.3) is 0 Å². The second-order valence-corrected chi connectivity index (χ2v) is 4.20. The molecule has 1 aromatic rings. The van der Waals surface area contributed by atoms with Crippen LogP contribution in [0, 0.1) is 6.92 Å². The average Bonchev–Trinajstić information content (AvgIpc) is 2.47. The van der Waals surface area contributed by atoms with Crippen molar-refractivity contribution in [3.63, 3.8) is 0 Å². The van der Waals surface area contributed by atoms with Gasteiger partial charge in [0.2, 0.25) is 0 Å². The molecule has 1 rings (SSSR count). The lowest BCUT2D eigenvalue weighted by atomic mass is 10.1. The molecule has 0 bridgehead atoms. The number of nitrogens with zero attached hydrogens (tertiary/aromatic N) is 1. The van der Waals surface area contributed by atoms with Gasteiger partial charge in [-0.05, 0) is 27.8 Å². The van der Waals surface area contributed by atoms with Crippen LogP contribution in [0.3, 0.4) is 0 Å². The maximum Gasteiger partial charge on any atom is 0.0798 e. The Morgan fingerprint density at radius 3 is 2.69 bits per heavy atom. The Morgan fingerprint density at radius 1 is 1.62 bits per heavy atom. The molecule has 0 saturated heterocycles. The highest BCUT2D eigenvalue weighted by Gasteiger charge is 2.10. The van der Waals surface area contributed by atoms with E-state index in [0.29, 0.717) is 6.04 Å². The number of aromatic nitrogens is 1. The van der Waals surface area contributed by atoms with Gasteiger partial charge in [0.15, 0.2) is 0 Å². The third-order valence-electron chi connectivity index (χ3n) is 1.88. The zero-order valence-electron chi connectivity index (χ0n) is 8.59. The van der Waals surface area contributed by atoms with Gasteiger partial charge >= 0.3 is 0 Å². The van der Waals surface area contributed by atoms with Gasteiger partial charge in [0.1, 0.15) is 0 Å². The van der Waals surface area contributed by atoms with Crippen molar-refractivity contribution in [2.75, 3.05) is 7.05 Å². The molecule has 1 heterocycles.